The van der Waals surface area contributed by atoms with Crippen LogP contribution in [-0.4, -0.2) is 37.7 Å². The van der Waals surface area contributed by atoms with E-state index in [1.165, 1.54) is 38.8 Å². The topological polar surface area (TPSA) is 24.5 Å². The van der Waals surface area contributed by atoms with Gasteiger partial charge in [-0.2, -0.15) is 0 Å². The van der Waals surface area contributed by atoms with Crippen LogP contribution in [0.3, 0.4) is 0 Å². The summed E-state index contributed by atoms with van der Waals surface area (Å²) in [6.07, 6.45) is 5.52. The van der Waals surface area contributed by atoms with Gasteiger partial charge in [-0.05, 0) is 44.0 Å². The summed E-state index contributed by atoms with van der Waals surface area (Å²) in [6, 6.07) is 8.31. The lowest BCUT2D eigenvalue weighted by Gasteiger charge is -2.20. The van der Waals surface area contributed by atoms with Crippen LogP contribution in [0.1, 0.15) is 39.5 Å². The first kappa shape index (κ1) is 16.2. The first-order valence-electron chi connectivity index (χ1n) is 8.43. The van der Waals surface area contributed by atoms with Crippen molar-refractivity contribution in [1.82, 2.24) is 4.90 Å². The van der Waals surface area contributed by atoms with Crippen LogP contribution in [0, 0.1) is 5.92 Å². The lowest BCUT2D eigenvalue weighted by molar-refractivity contribution is 0.271. The summed E-state index contributed by atoms with van der Waals surface area (Å²) >= 11 is 0. The minimum Gasteiger partial charge on any atom is -0.493 e. The quantitative estimate of drug-likeness (QED) is 0.821. The van der Waals surface area contributed by atoms with Crippen LogP contribution in [0.25, 0.3) is 0 Å². The molecule has 1 aromatic rings. The third kappa shape index (κ3) is 6.38. The molecule has 0 unspecified atom stereocenters. The first-order chi connectivity index (χ1) is 10.2. The predicted octanol–water partition coefficient (Wildman–Crippen LogP) is 4.01. The van der Waals surface area contributed by atoms with E-state index in [2.05, 4.69) is 42.3 Å². The second-order valence-electron chi connectivity index (χ2n) is 6.42. The zero-order valence-corrected chi connectivity index (χ0v) is 13.6. The highest BCUT2D eigenvalue weighted by Crippen LogP contribution is 2.18. The largest absolute Gasteiger partial charge is 0.493 e. The van der Waals surface area contributed by atoms with Crippen LogP contribution >= 0.6 is 0 Å². The Morgan fingerprint density at radius 1 is 1.14 bits per heavy atom. The van der Waals surface area contributed by atoms with Gasteiger partial charge in [0.15, 0.2) is 0 Å². The SMILES string of the molecule is CC(C)COc1cccc(NCCN2CCCCCC2)c1. The third-order valence-electron chi connectivity index (χ3n) is 3.87. The summed E-state index contributed by atoms with van der Waals surface area (Å²) in [6.45, 7) is 9.78. The number of hydrogen-bond donors (Lipinski definition) is 1. The molecule has 0 bridgehead atoms. The van der Waals surface area contributed by atoms with E-state index in [1.807, 2.05) is 6.07 Å². The standard InChI is InChI=1S/C18H30N2O/c1-16(2)15-21-18-9-7-8-17(14-18)19-10-13-20-11-5-3-4-6-12-20/h7-9,14,16,19H,3-6,10-13,15H2,1-2H3. The van der Waals surface area contributed by atoms with Gasteiger partial charge < -0.3 is 15.0 Å². The van der Waals surface area contributed by atoms with Crippen molar-refractivity contribution in [2.45, 2.75) is 39.5 Å². The van der Waals surface area contributed by atoms with Crippen molar-refractivity contribution in [3.63, 3.8) is 0 Å². The fourth-order valence-corrected chi connectivity index (χ4v) is 2.68. The van der Waals surface area contributed by atoms with Gasteiger partial charge in [-0.1, -0.05) is 32.8 Å². The number of anilines is 1. The van der Waals surface area contributed by atoms with Crippen molar-refractivity contribution in [3.05, 3.63) is 24.3 Å². The zero-order valence-electron chi connectivity index (χ0n) is 13.6. The lowest BCUT2D eigenvalue weighted by Crippen LogP contribution is -2.29. The molecule has 0 aromatic heterocycles. The molecule has 1 aromatic carbocycles. The number of nitrogens with zero attached hydrogens (tertiary/aromatic N) is 1. The Morgan fingerprint density at radius 2 is 1.90 bits per heavy atom. The molecule has 0 aliphatic carbocycles. The van der Waals surface area contributed by atoms with Gasteiger partial charge in [0.2, 0.25) is 0 Å². The number of nitrogens with one attached hydrogen (secondary N) is 1. The lowest BCUT2D eigenvalue weighted by atomic mass is 10.2. The van der Waals surface area contributed by atoms with Crippen molar-refractivity contribution >= 4 is 5.69 Å². The molecule has 1 aliphatic rings. The number of likely N-dealkylation sites (tertiary alicyclic amines) is 1. The number of benzene rings is 1. The normalized spacial score (nSPS) is 16.7. The van der Waals surface area contributed by atoms with E-state index in [9.17, 15) is 0 Å². The molecule has 1 N–H and O–H groups in total. The fourth-order valence-electron chi connectivity index (χ4n) is 2.68. The van der Waals surface area contributed by atoms with Crippen molar-refractivity contribution in [1.29, 1.82) is 0 Å². The van der Waals surface area contributed by atoms with Crippen LogP contribution in [0.5, 0.6) is 5.75 Å². The highest BCUT2D eigenvalue weighted by atomic mass is 16.5. The summed E-state index contributed by atoms with van der Waals surface area (Å²) < 4.78 is 5.77. The smallest absolute Gasteiger partial charge is 0.121 e. The molecule has 0 amide bonds. The molecule has 21 heavy (non-hydrogen) atoms. The summed E-state index contributed by atoms with van der Waals surface area (Å²) in [5.74, 6) is 1.52. The van der Waals surface area contributed by atoms with E-state index in [0.29, 0.717) is 5.92 Å². The van der Waals surface area contributed by atoms with Gasteiger partial charge in [0.25, 0.3) is 0 Å². The predicted molar refractivity (Wildman–Crippen MR) is 90.2 cm³/mol. The molecule has 0 saturated carbocycles. The molecule has 1 fully saturated rings. The molecule has 0 radical (unpaired) electrons. The molecule has 3 heteroatoms. The highest BCUT2D eigenvalue weighted by molar-refractivity contribution is 5.48. The van der Waals surface area contributed by atoms with E-state index in [4.69, 9.17) is 4.74 Å². The number of ether oxygens (including phenoxy) is 1. The van der Waals surface area contributed by atoms with Gasteiger partial charge >= 0.3 is 0 Å². The van der Waals surface area contributed by atoms with Crippen LogP contribution in [0.2, 0.25) is 0 Å². The van der Waals surface area contributed by atoms with E-state index in [1.54, 1.807) is 0 Å². The summed E-state index contributed by atoms with van der Waals surface area (Å²) in [5, 5.41) is 3.52. The van der Waals surface area contributed by atoms with E-state index >= 15 is 0 Å². The van der Waals surface area contributed by atoms with Gasteiger partial charge in [-0.15, -0.1) is 0 Å². The van der Waals surface area contributed by atoms with Gasteiger partial charge in [0.1, 0.15) is 5.75 Å². The summed E-state index contributed by atoms with van der Waals surface area (Å²) in [7, 11) is 0. The monoisotopic (exact) mass is 290 g/mol. The van der Waals surface area contributed by atoms with E-state index in [-0.39, 0.29) is 0 Å². The Labute approximate surface area is 129 Å². The maximum Gasteiger partial charge on any atom is 0.121 e. The molecule has 1 heterocycles. The second-order valence-corrected chi connectivity index (χ2v) is 6.42. The second kappa shape index (κ2) is 8.93. The minimum atomic E-state index is 0.560. The third-order valence-corrected chi connectivity index (χ3v) is 3.87. The molecular formula is C18H30N2O. The van der Waals surface area contributed by atoms with Crippen LogP contribution < -0.4 is 10.1 Å². The Balaban J connectivity index is 1.73. The highest BCUT2D eigenvalue weighted by Gasteiger charge is 2.08. The fraction of sp³-hybridized carbons (Fsp3) is 0.667. The first-order valence-corrected chi connectivity index (χ1v) is 8.43. The van der Waals surface area contributed by atoms with Crippen molar-refractivity contribution in [2.75, 3.05) is 38.1 Å². The molecule has 2 rings (SSSR count). The Bertz CT molecular complexity index is 398. The van der Waals surface area contributed by atoms with Crippen LogP contribution in [0.15, 0.2) is 24.3 Å². The molecule has 0 spiro atoms. The Hall–Kier alpha value is -1.22. The average molecular weight is 290 g/mol. The minimum absolute atomic E-state index is 0.560. The van der Waals surface area contributed by atoms with Gasteiger partial charge in [0.05, 0.1) is 6.61 Å². The van der Waals surface area contributed by atoms with Gasteiger partial charge in [-0.25, -0.2) is 0 Å². The van der Waals surface area contributed by atoms with E-state index < -0.39 is 0 Å². The Kier molecular flexibility index (Phi) is 6.87. The maximum atomic E-state index is 5.77. The molecule has 1 saturated heterocycles. The maximum absolute atomic E-state index is 5.77. The van der Waals surface area contributed by atoms with Crippen molar-refractivity contribution in [3.8, 4) is 5.75 Å². The van der Waals surface area contributed by atoms with Crippen LogP contribution in [0.4, 0.5) is 5.69 Å². The molecule has 1 aliphatic heterocycles. The number of rotatable bonds is 7. The zero-order chi connectivity index (χ0) is 14.9. The van der Waals surface area contributed by atoms with Gasteiger partial charge in [-0.3, -0.25) is 0 Å². The van der Waals surface area contributed by atoms with Crippen LogP contribution in [-0.2, 0) is 0 Å². The molecular weight excluding hydrogens is 260 g/mol. The number of hydrogen-bond acceptors (Lipinski definition) is 3. The molecule has 3 nitrogen and oxygen atoms in total. The van der Waals surface area contributed by atoms with E-state index in [0.717, 1.165) is 31.1 Å². The van der Waals surface area contributed by atoms with Crippen molar-refractivity contribution in [2.24, 2.45) is 5.92 Å². The van der Waals surface area contributed by atoms with Gasteiger partial charge in [0, 0.05) is 24.8 Å². The summed E-state index contributed by atoms with van der Waals surface area (Å²) in [4.78, 5) is 2.58. The molecule has 118 valence electrons. The van der Waals surface area contributed by atoms with Crippen molar-refractivity contribution < 1.29 is 4.74 Å². The average Bonchev–Trinajstić information content (AvgIpc) is 2.74. The Morgan fingerprint density at radius 3 is 2.62 bits per heavy atom. The molecule has 0 atom stereocenters. The summed E-state index contributed by atoms with van der Waals surface area (Å²) in [5.41, 5.74) is 1.16.